The molecule has 0 saturated carbocycles. The van der Waals surface area contributed by atoms with Gasteiger partial charge in [-0.2, -0.15) is 0 Å². The minimum atomic E-state index is -1.04. The average molecular weight is 438 g/mol. The molecular formula is C23H39N3O5. The number of ether oxygens (including phenoxy) is 1. The number of rotatable bonds is 10. The van der Waals surface area contributed by atoms with E-state index in [2.05, 4.69) is 17.6 Å². The van der Waals surface area contributed by atoms with E-state index >= 15 is 0 Å². The van der Waals surface area contributed by atoms with E-state index in [1.54, 1.807) is 6.92 Å². The molecule has 3 aliphatic heterocycles. The first-order valence-corrected chi connectivity index (χ1v) is 11.9. The van der Waals surface area contributed by atoms with E-state index in [-0.39, 0.29) is 30.2 Å². The first-order chi connectivity index (χ1) is 14.7. The summed E-state index contributed by atoms with van der Waals surface area (Å²) in [5, 5.41) is 15.8. The van der Waals surface area contributed by atoms with Gasteiger partial charge in [-0.05, 0) is 39.0 Å². The van der Waals surface area contributed by atoms with Gasteiger partial charge in [0.2, 0.25) is 17.7 Å². The van der Waals surface area contributed by atoms with Crippen LogP contribution in [0.1, 0.15) is 66.7 Å². The molecule has 3 unspecified atom stereocenters. The zero-order valence-corrected chi connectivity index (χ0v) is 19.6. The molecule has 3 amide bonds. The number of likely N-dealkylation sites (tertiary alicyclic amines) is 1. The number of carbonyl (C=O) groups excluding carboxylic acids is 3. The Hall–Kier alpha value is -1.67. The van der Waals surface area contributed by atoms with E-state index in [9.17, 15) is 19.5 Å². The smallest absolute Gasteiger partial charge is 0.245 e. The van der Waals surface area contributed by atoms with E-state index in [4.69, 9.17) is 4.74 Å². The van der Waals surface area contributed by atoms with Gasteiger partial charge in [-0.15, -0.1) is 0 Å². The quantitative estimate of drug-likeness (QED) is 0.445. The van der Waals surface area contributed by atoms with Crippen LogP contribution in [0.4, 0.5) is 0 Å². The number of nitrogens with one attached hydrogen (secondary N) is 2. The summed E-state index contributed by atoms with van der Waals surface area (Å²) in [7, 11) is 0. The molecular weight excluding hydrogens is 398 g/mol. The highest BCUT2D eigenvalue weighted by Gasteiger charge is 2.80. The highest BCUT2D eigenvalue weighted by Crippen LogP contribution is 2.65. The van der Waals surface area contributed by atoms with Gasteiger partial charge in [0, 0.05) is 13.1 Å². The molecule has 3 N–H and O–H groups in total. The second kappa shape index (κ2) is 9.06. The van der Waals surface area contributed by atoms with Crippen molar-refractivity contribution in [3.8, 4) is 0 Å². The van der Waals surface area contributed by atoms with Crippen LogP contribution < -0.4 is 10.6 Å². The fourth-order valence-corrected chi connectivity index (χ4v) is 5.98. The molecule has 3 aliphatic rings. The predicted molar refractivity (Wildman–Crippen MR) is 116 cm³/mol. The SMILES string of the molecule is CCCCCNC(=O)C1N([C@H](C)CO)C(=O)[C@@H]2[C@H](C(=O)NCCC)[C@@]3(C)OC12CC3C. The molecule has 0 radical (unpaired) electrons. The van der Waals surface area contributed by atoms with E-state index in [1.807, 2.05) is 20.8 Å². The Bertz CT molecular complexity index is 715. The molecule has 2 bridgehead atoms. The van der Waals surface area contributed by atoms with Crippen LogP contribution >= 0.6 is 0 Å². The van der Waals surface area contributed by atoms with E-state index in [0.29, 0.717) is 19.5 Å². The average Bonchev–Trinajstić information content (AvgIpc) is 3.25. The van der Waals surface area contributed by atoms with Gasteiger partial charge in [-0.3, -0.25) is 14.4 Å². The Morgan fingerprint density at radius 3 is 2.48 bits per heavy atom. The summed E-state index contributed by atoms with van der Waals surface area (Å²) >= 11 is 0. The van der Waals surface area contributed by atoms with Gasteiger partial charge in [-0.25, -0.2) is 0 Å². The number of nitrogens with zero attached hydrogens (tertiary/aromatic N) is 1. The normalized spacial score (nSPS) is 37.1. The van der Waals surface area contributed by atoms with Crippen LogP contribution in [0.15, 0.2) is 0 Å². The van der Waals surface area contributed by atoms with Gasteiger partial charge in [0.05, 0.1) is 30.1 Å². The zero-order chi connectivity index (χ0) is 23.0. The Balaban J connectivity index is 1.98. The maximum atomic E-state index is 13.7. The molecule has 3 saturated heterocycles. The zero-order valence-electron chi connectivity index (χ0n) is 19.6. The highest BCUT2D eigenvalue weighted by molar-refractivity contribution is 5.99. The summed E-state index contributed by atoms with van der Waals surface area (Å²) in [4.78, 5) is 41.7. The monoisotopic (exact) mass is 437 g/mol. The Kier molecular flexibility index (Phi) is 7.01. The summed E-state index contributed by atoms with van der Waals surface area (Å²) in [5.41, 5.74) is -1.84. The summed E-state index contributed by atoms with van der Waals surface area (Å²) in [5.74, 6) is -2.04. The maximum Gasteiger partial charge on any atom is 0.245 e. The first kappa shape index (κ1) is 24.0. The van der Waals surface area contributed by atoms with E-state index < -0.39 is 35.1 Å². The van der Waals surface area contributed by atoms with Crippen LogP contribution in [-0.4, -0.2) is 70.7 Å². The third-order valence-electron chi connectivity index (χ3n) is 7.65. The molecule has 3 rings (SSSR count). The van der Waals surface area contributed by atoms with Crippen molar-refractivity contribution in [1.82, 2.24) is 15.5 Å². The summed E-state index contributed by atoms with van der Waals surface area (Å²) < 4.78 is 6.59. The molecule has 0 aliphatic carbocycles. The second-order valence-electron chi connectivity index (χ2n) is 9.77. The topological polar surface area (TPSA) is 108 Å². The van der Waals surface area contributed by atoms with Gasteiger partial charge in [0.15, 0.2) is 0 Å². The van der Waals surface area contributed by atoms with E-state index in [0.717, 1.165) is 25.7 Å². The third-order valence-corrected chi connectivity index (χ3v) is 7.65. The Morgan fingerprint density at radius 2 is 1.87 bits per heavy atom. The highest BCUT2D eigenvalue weighted by atomic mass is 16.5. The molecule has 31 heavy (non-hydrogen) atoms. The molecule has 0 aromatic carbocycles. The van der Waals surface area contributed by atoms with Gasteiger partial charge in [-0.1, -0.05) is 33.6 Å². The van der Waals surface area contributed by atoms with Crippen LogP contribution in [0.3, 0.4) is 0 Å². The number of hydrogen-bond acceptors (Lipinski definition) is 5. The fourth-order valence-electron chi connectivity index (χ4n) is 5.98. The van der Waals surface area contributed by atoms with Crippen LogP contribution in [-0.2, 0) is 19.1 Å². The molecule has 0 aromatic heterocycles. The summed E-state index contributed by atoms with van der Waals surface area (Å²) in [6.07, 6.45) is 4.27. The number of carbonyl (C=O) groups is 3. The summed E-state index contributed by atoms with van der Waals surface area (Å²) in [6.45, 7) is 10.6. The molecule has 3 fully saturated rings. The molecule has 176 valence electrons. The van der Waals surface area contributed by atoms with Crippen molar-refractivity contribution in [1.29, 1.82) is 0 Å². The largest absolute Gasteiger partial charge is 0.394 e. The molecule has 8 nitrogen and oxygen atoms in total. The number of hydrogen-bond donors (Lipinski definition) is 3. The predicted octanol–water partition coefficient (Wildman–Crippen LogP) is 1.21. The van der Waals surface area contributed by atoms with Crippen molar-refractivity contribution in [3.05, 3.63) is 0 Å². The summed E-state index contributed by atoms with van der Waals surface area (Å²) in [6, 6.07) is -1.38. The second-order valence-corrected chi connectivity index (χ2v) is 9.77. The number of unbranched alkanes of at least 4 members (excludes halogenated alkanes) is 2. The van der Waals surface area contributed by atoms with Crippen molar-refractivity contribution in [2.45, 2.75) is 90.0 Å². The number of aliphatic hydroxyl groups excluding tert-OH is 1. The number of fused-ring (bicyclic) bond motifs is 1. The van der Waals surface area contributed by atoms with Crippen molar-refractivity contribution >= 4 is 17.7 Å². The van der Waals surface area contributed by atoms with Gasteiger partial charge in [0.1, 0.15) is 11.6 Å². The van der Waals surface area contributed by atoms with Crippen LogP contribution in [0.2, 0.25) is 0 Å². The lowest BCUT2D eigenvalue weighted by atomic mass is 9.62. The lowest BCUT2D eigenvalue weighted by Crippen LogP contribution is -2.57. The van der Waals surface area contributed by atoms with E-state index in [1.165, 1.54) is 4.90 Å². The van der Waals surface area contributed by atoms with Crippen molar-refractivity contribution in [2.24, 2.45) is 17.8 Å². The van der Waals surface area contributed by atoms with Crippen LogP contribution in [0.25, 0.3) is 0 Å². The lowest BCUT2D eigenvalue weighted by molar-refractivity contribution is -0.150. The lowest BCUT2D eigenvalue weighted by Gasteiger charge is -2.36. The van der Waals surface area contributed by atoms with Crippen molar-refractivity contribution in [2.75, 3.05) is 19.7 Å². The third kappa shape index (κ3) is 3.65. The minimum absolute atomic E-state index is 0.0219. The van der Waals surface area contributed by atoms with Gasteiger partial charge < -0.3 is 25.4 Å². The minimum Gasteiger partial charge on any atom is -0.394 e. The molecule has 1 spiro atoms. The fraction of sp³-hybridized carbons (Fsp3) is 0.870. The Morgan fingerprint density at radius 1 is 1.19 bits per heavy atom. The number of amides is 3. The van der Waals surface area contributed by atoms with Crippen LogP contribution in [0.5, 0.6) is 0 Å². The Labute approximate surface area is 185 Å². The molecule has 0 aromatic rings. The standard InChI is InChI=1S/C23H39N3O5/c1-6-8-9-11-25-20(29)18-23-12-14(3)22(5,31-23)16(19(28)24-10-7-2)17(23)21(30)26(18)15(4)13-27/h14-18,27H,6-13H2,1-5H3,(H,24,28)(H,25,29)/t14?,15-,16-,17+,18?,22+,23?/m1/s1. The van der Waals surface area contributed by atoms with Crippen molar-refractivity contribution < 1.29 is 24.2 Å². The van der Waals surface area contributed by atoms with Gasteiger partial charge >= 0.3 is 0 Å². The van der Waals surface area contributed by atoms with Crippen LogP contribution in [0, 0.1) is 17.8 Å². The first-order valence-electron chi connectivity index (χ1n) is 11.9. The number of aliphatic hydroxyl groups is 1. The molecule has 7 atom stereocenters. The van der Waals surface area contributed by atoms with Gasteiger partial charge in [0.25, 0.3) is 0 Å². The maximum absolute atomic E-state index is 13.7. The molecule has 8 heteroatoms. The molecule has 3 heterocycles. The van der Waals surface area contributed by atoms with Crippen molar-refractivity contribution in [3.63, 3.8) is 0 Å².